The van der Waals surface area contributed by atoms with Gasteiger partial charge in [0.05, 0.1) is 19.1 Å². The van der Waals surface area contributed by atoms with Crippen LogP contribution in [0.2, 0.25) is 0 Å². The Kier molecular flexibility index (Phi) is 7.21. The molecule has 1 aliphatic heterocycles. The van der Waals surface area contributed by atoms with Crippen molar-refractivity contribution in [2.75, 3.05) is 33.9 Å². The van der Waals surface area contributed by atoms with Crippen LogP contribution in [0.15, 0.2) is 39.7 Å². The van der Waals surface area contributed by atoms with Crippen LogP contribution in [-0.2, 0) is 23.0 Å². The molecule has 0 radical (unpaired) electrons. The fraction of sp³-hybridized carbons (Fsp3) is 0.429. The zero-order chi connectivity index (χ0) is 21.0. The molecule has 0 amide bonds. The van der Waals surface area contributed by atoms with Gasteiger partial charge in [0, 0.05) is 24.1 Å². The third-order valence-electron chi connectivity index (χ3n) is 5.18. The molecule has 0 spiro atoms. The molecule has 2 aromatic carbocycles. The predicted molar refractivity (Wildman–Crippen MR) is 117 cm³/mol. The van der Waals surface area contributed by atoms with Crippen LogP contribution in [0.3, 0.4) is 0 Å². The van der Waals surface area contributed by atoms with Gasteiger partial charge in [0.25, 0.3) is 0 Å². The number of hydrogen-bond donors (Lipinski definition) is 1. The van der Waals surface area contributed by atoms with Crippen LogP contribution in [0.1, 0.15) is 23.1 Å². The van der Waals surface area contributed by atoms with Crippen LogP contribution in [0.4, 0.5) is 0 Å². The van der Waals surface area contributed by atoms with Gasteiger partial charge >= 0.3 is 0 Å². The lowest BCUT2D eigenvalue weighted by molar-refractivity contribution is 0.250. The van der Waals surface area contributed by atoms with Gasteiger partial charge in [-0.3, -0.25) is 4.90 Å². The number of nitrogens with one attached hydrogen (secondary N) is 1. The molecule has 0 fully saturated rings. The summed E-state index contributed by atoms with van der Waals surface area (Å²) in [5.41, 5.74) is 3.41. The molecular formula is C21H27BrN2O4S. The normalized spacial score (nSPS) is 14.5. The molecule has 2 aromatic rings. The van der Waals surface area contributed by atoms with Crippen molar-refractivity contribution in [3.05, 3.63) is 51.5 Å². The highest BCUT2D eigenvalue weighted by atomic mass is 79.9. The number of aryl methyl sites for hydroxylation is 1. The van der Waals surface area contributed by atoms with Gasteiger partial charge in [0.15, 0.2) is 11.5 Å². The quantitative estimate of drug-likeness (QED) is 0.583. The second-order valence-corrected chi connectivity index (χ2v) is 9.79. The molecule has 1 N–H and O–H groups in total. The summed E-state index contributed by atoms with van der Waals surface area (Å²) in [4.78, 5) is 2.64. The van der Waals surface area contributed by atoms with E-state index in [0.29, 0.717) is 11.4 Å². The Balaban J connectivity index is 1.53. The first-order valence-electron chi connectivity index (χ1n) is 9.56. The van der Waals surface area contributed by atoms with E-state index in [4.69, 9.17) is 9.47 Å². The van der Waals surface area contributed by atoms with Crippen molar-refractivity contribution in [1.29, 1.82) is 0 Å². The zero-order valence-corrected chi connectivity index (χ0v) is 19.4. The second kappa shape index (κ2) is 9.47. The van der Waals surface area contributed by atoms with E-state index in [2.05, 4.69) is 31.6 Å². The number of hydrogen-bond acceptors (Lipinski definition) is 5. The van der Waals surface area contributed by atoms with E-state index in [0.717, 1.165) is 54.0 Å². The fourth-order valence-electron chi connectivity index (χ4n) is 3.51. The maximum absolute atomic E-state index is 12.5. The number of halogens is 1. The molecule has 0 saturated heterocycles. The summed E-state index contributed by atoms with van der Waals surface area (Å²) in [6.07, 6.45) is 1.69. The number of benzene rings is 2. The highest BCUT2D eigenvalue weighted by molar-refractivity contribution is 9.10. The van der Waals surface area contributed by atoms with Gasteiger partial charge in [0.1, 0.15) is 0 Å². The lowest BCUT2D eigenvalue weighted by atomic mass is 9.98. The number of sulfonamides is 1. The lowest BCUT2D eigenvalue weighted by Gasteiger charge is -2.29. The molecule has 1 aliphatic rings. The molecule has 0 saturated carbocycles. The molecule has 8 heteroatoms. The van der Waals surface area contributed by atoms with E-state index < -0.39 is 10.0 Å². The summed E-state index contributed by atoms with van der Waals surface area (Å²) >= 11 is 3.40. The summed E-state index contributed by atoms with van der Waals surface area (Å²) < 4.78 is 39.4. The minimum atomic E-state index is -3.49. The van der Waals surface area contributed by atoms with E-state index in [1.54, 1.807) is 32.4 Å². The molecule has 0 aromatic heterocycles. The van der Waals surface area contributed by atoms with Gasteiger partial charge in [-0.2, -0.15) is 0 Å². The zero-order valence-electron chi connectivity index (χ0n) is 17.0. The first kappa shape index (κ1) is 22.1. The first-order chi connectivity index (χ1) is 13.8. The summed E-state index contributed by atoms with van der Waals surface area (Å²) in [5.74, 6) is 1.50. The third kappa shape index (κ3) is 5.31. The highest BCUT2D eigenvalue weighted by Gasteiger charge is 2.20. The van der Waals surface area contributed by atoms with E-state index in [-0.39, 0.29) is 0 Å². The SMILES string of the molecule is COc1cc2c(cc1OC)CN(CCCNS(=O)(=O)c1ccc(Br)c(C)c1)CC2. The van der Waals surface area contributed by atoms with Crippen molar-refractivity contribution < 1.29 is 17.9 Å². The van der Waals surface area contributed by atoms with Gasteiger partial charge < -0.3 is 9.47 Å². The highest BCUT2D eigenvalue weighted by Crippen LogP contribution is 2.33. The maximum Gasteiger partial charge on any atom is 0.240 e. The van der Waals surface area contributed by atoms with Crippen LogP contribution in [-0.4, -0.2) is 47.2 Å². The monoisotopic (exact) mass is 482 g/mol. The van der Waals surface area contributed by atoms with Gasteiger partial charge in [0.2, 0.25) is 10.0 Å². The van der Waals surface area contributed by atoms with E-state index in [1.165, 1.54) is 11.1 Å². The van der Waals surface area contributed by atoms with Gasteiger partial charge in [-0.1, -0.05) is 15.9 Å². The van der Waals surface area contributed by atoms with Crippen LogP contribution in [0.5, 0.6) is 11.5 Å². The number of rotatable bonds is 8. The van der Waals surface area contributed by atoms with Crippen molar-refractivity contribution in [2.24, 2.45) is 0 Å². The van der Waals surface area contributed by atoms with Crippen LogP contribution in [0, 0.1) is 6.92 Å². The Morgan fingerprint density at radius 3 is 2.45 bits per heavy atom. The molecular weight excluding hydrogens is 456 g/mol. The van der Waals surface area contributed by atoms with E-state index in [1.807, 2.05) is 13.0 Å². The van der Waals surface area contributed by atoms with Gasteiger partial charge in [-0.25, -0.2) is 13.1 Å². The second-order valence-electron chi connectivity index (χ2n) is 7.16. The average Bonchev–Trinajstić information content (AvgIpc) is 2.71. The largest absolute Gasteiger partial charge is 0.493 e. The Morgan fingerprint density at radius 2 is 1.79 bits per heavy atom. The van der Waals surface area contributed by atoms with Gasteiger partial charge in [-0.05, 0) is 73.3 Å². The summed E-state index contributed by atoms with van der Waals surface area (Å²) in [7, 11) is -0.196. The first-order valence-corrected chi connectivity index (χ1v) is 11.8. The van der Waals surface area contributed by atoms with Crippen molar-refractivity contribution in [3.63, 3.8) is 0 Å². The topological polar surface area (TPSA) is 67.9 Å². The standard InChI is InChI=1S/C21H27BrN2O4S/c1-15-11-18(5-6-19(15)22)29(25,26)23-8-4-9-24-10-7-16-12-20(27-2)21(28-3)13-17(16)14-24/h5-6,11-13,23H,4,7-10,14H2,1-3H3. The number of methoxy groups -OCH3 is 2. The van der Waals surface area contributed by atoms with Crippen molar-refractivity contribution in [2.45, 2.75) is 31.2 Å². The molecule has 1 heterocycles. The maximum atomic E-state index is 12.5. The van der Waals surface area contributed by atoms with E-state index in [9.17, 15) is 8.42 Å². The molecule has 158 valence electrons. The lowest BCUT2D eigenvalue weighted by Crippen LogP contribution is -2.33. The number of ether oxygens (including phenoxy) is 2. The predicted octanol–water partition coefficient (Wildman–Crippen LogP) is 3.50. The number of fused-ring (bicyclic) bond motifs is 1. The molecule has 3 rings (SSSR count). The van der Waals surface area contributed by atoms with Crippen molar-refractivity contribution in [3.8, 4) is 11.5 Å². The summed E-state index contributed by atoms with van der Waals surface area (Å²) in [6, 6.07) is 9.15. The Morgan fingerprint density at radius 1 is 1.10 bits per heavy atom. The minimum absolute atomic E-state index is 0.297. The number of nitrogens with zero attached hydrogens (tertiary/aromatic N) is 1. The summed E-state index contributed by atoms with van der Waals surface area (Å²) in [5, 5.41) is 0. The van der Waals surface area contributed by atoms with Crippen LogP contribution in [0.25, 0.3) is 0 Å². The van der Waals surface area contributed by atoms with Crippen LogP contribution >= 0.6 is 15.9 Å². The third-order valence-corrected chi connectivity index (χ3v) is 7.53. The average molecular weight is 483 g/mol. The molecule has 0 bridgehead atoms. The van der Waals surface area contributed by atoms with Crippen LogP contribution < -0.4 is 14.2 Å². The Labute approximate surface area is 181 Å². The molecule has 29 heavy (non-hydrogen) atoms. The molecule has 0 aliphatic carbocycles. The smallest absolute Gasteiger partial charge is 0.240 e. The molecule has 0 atom stereocenters. The van der Waals surface area contributed by atoms with Gasteiger partial charge in [-0.15, -0.1) is 0 Å². The molecule has 6 nitrogen and oxygen atoms in total. The Bertz CT molecular complexity index is 979. The summed E-state index contributed by atoms with van der Waals surface area (Å²) in [6.45, 7) is 4.89. The van der Waals surface area contributed by atoms with E-state index >= 15 is 0 Å². The van der Waals surface area contributed by atoms with Crippen molar-refractivity contribution >= 4 is 26.0 Å². The van der Waals surface area contributed by atoms with Crippen molar-refractivity contribution in [1.82, 2.24) is 9.62 Å². The Hall–Kier alpha value is -1.61. The fourth-order valence-corrected chi connectivity index (χ4v) is 4.91. The minimum Gasteiger partial charge on any atom is -0.493 e. The molecule has 0 unspecified atom stereocenters.